The Hall–Kier alpha value is -1.53. The first-order chi connectivity index (χ1) is 10.8. The van der Waals surface area contributed by atoms with E-state index in [1.54, 1.807) is 24.4 Å². The summed E-state index contributed by atoms with van der Waals surface area (Å²) in [5.41, 5.74) is -0.279. The van der Waals surface area contributed by atoms with E-state index in [9.17, 15) is 14.7 Å². The zero-order chi connectivity index (χ0) is 17.1. The van der Waals surface area contributed by atoms with Gasteiger partial charge in [0.1, 0.15) is 0 Å². The van der Waals surface area contributed by atoms with Crippen LogP contribution in [0.1, 0.15) is 26.4 Å². The Labute approximate surface area is 151 Å². The molecule has 0 aliphatic heterocycles. The summed E-state index contributed by atoms with van der Waals surface area (Å²) >= 11 is 23.6. The molecule has 0 atom stereocenters. The van der Waals surface area contributed by atoms with Crippen molar-refractivity contribution in [3.63, 3.8) is 0 Å². The van der Waals surface area contributed by atoms with Gasteiger partial charge in [0, 0.05) is 6.20 Å². The molecule has 23 heavy (non-hydrogen) atoms. The van der Waals surface area contributed by atoms with Crippen LogP contribution in [0.4, 0.5) is 0 Å². The van der Waals surface area contributed by atoms with E-state index in [0.29, 0.717) is 5.69 Å². The second kappa shape index (κ2) is 7.36. The van der Waals surface area contributed by atoms with Crippen molar-refractivity contribution >= 4 is 58.3 Å². The minimum absolute atomic E-state index is 0.0763. The molecule has 1 heterocycles. The number of aromatic carboxylic acids is 1. The van der Waals surface area contributed by atoms with Crippen molar-refractivity contribution in [1.82, 2.24) is 10.3 Å². The molecule has 0 aliphatic carbocycles. The Morgan fingerprint density at radius 2 is 1.61 bits per heavy atom. The zero-order valence-electron chi connectivity index (χ0n) is 11.2. The predicted molar refractivity (Wildman–Crippen MR) is 88.8 cm³/mol. The highest BCUT2D eigenvalue weighted by atomic mass is 35.5. The smallest absolute Gasteiger partial charge is 0.338 e. The first-order valence-corrected chi connectivity index (χ1v) is 7.63. The van der Waals surface area contributed by atoms with Crippen molar-refractivity contribution in [3.05, 3.63) is 61.3 Å². The number of pyridine rings is 1. The first-order valence-electron chi connectivity index (χ1n) is 6.12. The third-order valence-corrected chi connectivity index (χ3v) is 4.67. The molecular weight excluding hydrogens is 386 g/mol. The Balaban J connectivity index is 2.41. The molecule has 0 unspecified atom stereocenters. The molecule has 1 amide bonds. The summed E-state index contributed by atoms with van der Waals surface area (Å²) in [5, 5.41) is 10.8. The minimum Gasteiger partial charge on any atom is -0.478 e. The van der Waals surface area contributed by atoms with Crippen molar-refractivity contribution < 1.29 is 14.7 Å². The number of hydrogen-bond acceptors (Lipinski definition) is 3. The third-order valence-electron chi connectivity index (χ3n) is 2.86. The van der Waals surface area contributed by atoms with Gasteiger partial charge < -0.3 is 10.4 Å². The molecule has 1 aromatic carbocycles. The number of halogens is 4. The number of carbonyl (C=O) groups is 2. The second-order valence-corrected chi connectivity index (χ2v) is 5.83. The van der Waals surface area contributed by atoms with Crippen LogP contribution in [0.15, 0.2) is 24.4 Å². The molecule has 0 saturated carbocycles. The predicted octanol–water partition coefficient (Wildman–Crippen LogP) is 4.32. The molecule has 2 rings (SSSR count). The highest BCUT2D eigenvalue weighted by Gasteiger charge is 2.28. The number of rotatable bonds is 4. The van der Waals surface area contributed by atoms with E-state index in [0.717, 1.165) is 0 Å². The summed E-state index contributed by atoms with van der Waals surface area (Å²) in [6, 6.07) is 5.17. The van der Waals surface area contributed by atoms with E-state index in [2.05, 4.69) is 10.3 Å². The molecule has 0 aliphatic rings. The van der Waals surface area contributed by atoms with E-state index in [1.165, 1.54) is 0 Å². The van der Waals surface area contributed by atoms with E-state index in [4.69, 9.17) is 46.4 Å². The maximum Gasteiger partial charge on any atom is 0.338 e. The van der Waals surface area contributed by atoms with Gasteiger partial charge in [-0.15, -0.1) is 0 Å². The largest absolute Gasteiger partial charge is 0.478 e. The van der Waals surface area contributed by atoms with Crippen molar-refractivity contribution in [2.24, 2.45) is 0 Å². The lowest BCUT2D eigenvalue weighted by Gasteiger charge is -2.13. The maximum atomic E-state index is 12.3. The average Bonchev–Trinajstić information content (AvgIpc) is 2.54. The molecule has 2 N–H and O–H groups in total. The van der Waals surface area contributed by atoms with Crippen LogP contribution >= 0.6 is 46.4 Å². The number of carbonyl (C=O) groups excluding carboxylic acids is 1. The molecule has 5 nitrogen and oxygen atoms in total. The van der Waals surface area contributed by atoms with Crippen molar-refractivity contribution in [2.45, 2.75) is 6.54 Å². The molecule has 0 saturated heterocycles. The lowest BCUT2D eigenvalue weighted by Crippen LogP contribution is -2.26. The number of carboxylic acids is 1. The van der Waals surface area contributed by atoms with E-state index >= 15 is 0 Å². The average molecular weight is 394 g/mol. The van der Waals surface area contributed by atoms with Crippen LogP contribution in [0.25, 0.3) is 0 Å². The highest BCUT2D eigenvalue weighted by Crippen LogP contribution is 2.41. The number of amides is 1. The number of carboxylic acid groups (broad SMARTS) is 1. The lowest BCUT2D eigenvalue weighted by molar-refractivity contribution is 0.0691. The monoisotopic (exact) mass is 392 g/mol. The fourth-order valence-electron chi connectivity index (χ4n) is 1.81. The number of aromatic nitrogens is 1. The van der Waals surface area contributed by atoms with E-state index < -0.39 is 17.4 Å². The van der Waals surface area contributed by atoms with Gasteiger partial charge in [-0.25, -0.2) is 4.79 Å². The van der Waals surface area contributed by atoms with Crippen molar-refractivity contribution in [3.8, 4) is 0 Å². The Morgan fingerprint density at radius 1 is 1.00 bits per heavy atom. The normalized spacial score (nSPS) is 10.4. The molecule has 1 aromatic heterocycles. The van der Waals surface area contributed by atoms with Crippen LogP contribution in [-0.4, -0.2) is 22.0 Å². The fourth-order valence-corrected chi connectivity index (χ4v) is 2.83. The molecule has 9 heteroatoms. The first kappa shape index (κ1) is 17.8. The van der Waals surface area contributed by atoms with Crippen LogP contribution in [0, 0.1) is 0 Å². The molecule has 0 radical (unpaired) electrons. The molecule has 120 valence electrons. The van der Waals surface area contributed by atoms with Crippen molar-refractivity contribution in [1.29, 1.82) is 0 Å². The summed E-state index contributed by atoms with van der Waals surface area (Å²) in [6.07, 6.45) is 1.56. The number of nitrogens with one attached hydrogen (secondary N) is 1. The molecule has 0 bridgehead atoms. The Morgan fingerprint density at radius 3 is 2.13 bits per heavy atom. The van der Waals surface area contributed by atoms with Crippen molar-refractivity contribution in [2.75, 3.05) is 0 Å². The van der Waals surface area contributed by atoms with Gasteiger partial charge in [-0.05, 0) is 12.1 Å². The van der Waals surface area contributed by atoms with Crippen LogP contribution in [0.5, 0.6) is 0 Å². The molecular formula is C14H8Cl4N2O3. The van der Waals surface area contributed by atoms with Crippen LogP contribution in [0.2, 0.25) is 20.1 Å². The zero-order valence-corrected chi connectivity index (χ0v) is 14.3. The van der Waals surface area contributed by atoms with Crippen LogP contribution in [0.3, 0.4) is 0 Å². The number of nitrogens with zero attached hydrogens (tertiary/aromatic N) is 1. The second-order valence-electron chi connectivity index (χ2n) is 4.31. The SMILES string of the molecule is O=C(O)c1c(Cl)c(Cl)c(Cl)c(Cl)c1C(=O)NCc1ccccn1. The quantitative estimate of drug-likeness (QED) is 0.598. The highest BCUT2D eigenvalue weighted by molar-refractivity contribution is 6.54. The number of benzene rings is 1. The standard InChI is InChI=1S/C14H8Cl4N2O3/c15-9-7(8(14(22)23)10(16)12(18)11(9)17)13(21)20-5-6-3-1-2-4-19-6/h1-4H,5H2,(H,20,21)(H,22,23). The van der Waals surface area contributed by atoms with Gasteiger partial charge in [-0.1, -0.05) is 52.5 Å². The van der Waals surface area contributed by atoms with Gasteiger partial charge in [-0.3, -0.25) is 9.78 Å². The number of hydrogen-bond donors (Lipinski definition) is 2. The van der Waals surface area contributed by atoms with Gasteiger partial charge in [0.25, 0.3) is 5.91 Å². The van der Waals surface area contributed by atoms with Crippen LogP contribution < -0.4 is 5.32 Å². The van der Waals surface area contributed by atoms with E-state index in [1.807, 2.05) is 0 Å². The van der Waals surface area contributed by atoms with Gasteiger partial charge in [0.05, 0.1) is 43.5 Å². The lowest BCUT2D eigenvalue weighted by atomic mass is 10.1. The third kappa shape index (κ3) is 3.70. The Bertz CT molecular complexity index is 782. The molecule has 0 spiro atoms. The van der Waals surface area contributed by atoms with Gasteiger partial charge >= 0.3 is 5.97 Å². The van der Waals surface area contributed by atoms with Gasteiger partial charge in [0.2, 0.25) is 0 Å². The van der Waals surface area contributed by atoms with Gasteiger partial charge in [0.15, 0.2) is 0 Å². The summed E-state index contributed by atoms with van der Waals surface area (Å²) in [4.78, 5) is 27.8. The van der Waals surface area contributed by atoms with Gasteiger partial charge in [-0.2, -0.15) is 0 Å². The molecule has 0 fully saturated rings. The van der Waals surface area contributed by atoms with E-state index in [-0.39, 0.29) is 32.2 Å². The topological polar surface area (TPSA) is 79.3 Å². The minimum atomic E-state index is -1.45. The summed E-state index contributed by atoms with van der Waals surface area (Å²) < 4.78 is 0. The van der Waals surface area contributed by atoms with Crippen LogP contribution in [-0.2, 0) is 6.54 Å². The maximum absolute atomic E-state index is 12.3. The Kier molecular flexibility index (Phi) is 5.70. The summed E-state index contributed by atoms with van der Waals surface area (Å²) in [5.74, 6) is -2.20. The summed E-state index contributed by atoms with van der Waals surface area (Å²) in [6.45, 7) is 0.0763. The molecule has 2 aromatic rings. The summed E-state index contributed by atoms with van der Waals surface area (Å²) in [7, 11) is 0. The fraction of sp³-hybridized carbons (Fsp3) is 0.0714.